The van der Waals surface area contributed by atoms with Crippen molar-refractivity contribution >= 4 is 39.8 Å². The van der Waals surface area contributed by atoms with Crippen LogP contribution in [0.5, 0.6) is 0 Å². The number of thiocarbonyl (C=S) groups is 1. The fraction of sp³-hybridized carbons (Fsp3) is 0.167. The van der Waals surface area contributed by atoms with Crippen LogP contribution >= 0.6 is 12.2 Å². The zero-order valence-electron chi connectivity index (χ0n) is 13.6. The zero-order chi connectivity index (χ0) is 17.3. The van der Waals surface area contributed by atoms with Crippen molar-refractivity contribution in [2.24, 2.45) is 0 Å². The number of anilines is 2. The minimum absolute atomic E-state index is 0.364. The fourth-order valence-corrected chi connectivity index (χ4v) is 2.81. The number of benzene rings is 1. The van der Waals surface area contributed by atoms with Crippen LogP contribution in [0.1, 0.15) is 16.8 Å². The monoisotopic (exact) mass is 339 g/mol. The van der Waals surface area contributed by atoms with Crippen LogP contribution in [-0.4, -0.2) is 10.1 Å². The molecule has 0 saturated heterocycles. The van der Waals surface area contributed by atoms with Crippen molar-refractivity contribution in [3.63, 3.8) is 0 Å². The highest BCUT2D eigenvalue weighted by molar-refractivity contribution is 7.80. The molecule has 0 fully saturated rings. The van der Waals surface area contributed by atoms with Gasteiger partial charge in [-0.05, 0) is 68.4 Å². The van der Waals surface area contributed by atoms with Crippen molar-refractivity contribution in [2.75, 3.05) is 10.6 Å². The summed E-state index contributed by atoms with van der Waals surface area (Å²) in [6.07, 6.45) is 0. The van der Waals surface area contributed by atoms with Gasteiger partial charge in [-0.15, -0.1) is 0 Å². The second-order valence-electron chi connectivity index (χ2n) is 5.71. The van der Waals surface area contributed by atoms with E-state index in [-0.39, 0.29) is 5.63 Å². The number of aryl methyl sites for hydroxylation is 3. The van der Waals surface area contributed by atoms with E-state index in [1.54, 1.807) is 6.07 Å². The summed E-state index contributed by atoms with van der Waals surface area (Å²) in [7, 11) is 0. The van der Waals surface area contributed by atoms with Crippen LogP contribution in [0, 0.1) is 20.8 Å². The molecule has 2 aromatic heterocycles. The van der Waals surface area contributed by atoms with Gasteiger partial charge in [0.2, 0.25) is 0 Å². The molecule has 2 heterocycles. The first-order chi connectivity index (χ1) is 11.4. The number of fused-ring (bicyclic) bond motifs is 1. The Kier molecular flexibility index (Phi) is 4.31. The average molecular weight is 339 g/mol. The average Bonchev–Trinajstić information content (AvgIpc) is 2.45. The van der Waals surface area contributed by atoms with Gasteiger partial charge in [-0.1, -0.05) is 0 Å². The van der Waals surface area contributed by atoms with E-state index in [0.717, 1.165) is 27.9 Å². The number of pyridine rings is 1. The van der Waals surface area contributed by atoms with Gasteiger partial charge in [0.25, 0.3) is 0 Å². The highest BCUT2D eigenvalue weighted by atomic mass is 32.1. The summed E-state index contributed by atoms with van der Waals surface area (Å²) in [5, 5.41) is 7.45. The van der Waals surface area contributed by atoms with Gasteiger partial charge in [0.15, 0.2) is 5.11 Å². The molecule has 0 aliphatic carbocycles. The summed E-state index contributed by atoms with van der Waals surface area (Å²) in [4.78, 5) is 15.9. The number of nitrogens with one attached hydrogen (secondary N) is 2. The van der Waals surface area contributed by atoms with E-state index in [1.165, 1.54) is 6.07 Å². The SMILES string of the molecule is Cc1cc(C)nc(NC(=S)Nc2ccc3c(C)cc(=O)oc3c2)c1. The number of rotatable bonds is 2. The maximum Gasteiger partial charge on any atom is 0.336 e. The standard InChI is InChI=1S/C18H17N3O2S/c1-10-6-12(3)19-16(7-10)21-18(24)20-13-4-5-14-11(2)8-17(22)23-15(14)9-13/h4-9H,1-3H3,(H2,19,20,21,24). The van der Waals surface area contributed by atoms with Crippen molar-refractivity contribution in [1.82, 2.24) is 4.98 Å². The minimum atomic E-state index is -0.364. The topological polar surface area (TPSA) is 67.2 Å². The first kappa shape index (κ1) is 16.1. The lowest BCUT2D eigenvalue weighted by molar-refractivity contribution is 0.560. The summed E-state index contributed by atoms with van der Waals surface area (Å²) in [6.45, 7) is 5.82. The van der Waals surface area contributed by atoms with E-state index in [9.17, 15) is 4.79 Å². The Morgan fingerprint density at radius 1 is 1.08 bits per heavy atom. The molecule has 24 heavy (non-hydrogen) atoms. The smallest absolute Gasteiger partial charge is 0.336 e. The molecule has 0 saturated carbocycles. The number of aromatic nitrogens is 1. The predicted molar refractivity (Wildman–Crippen MR) is 101 cm³/mol. The quantitative estimate of drug-likeness (QED) is 0.545. The maximum atomic E-state index is 11.5. The lowest BCUT2D eigenvalue weighted by Gasteiger charge is -2.11. The van der Waals surface area contributed by atoms with E-state index in [1.807, 2.05) is 45.0 Å². The Morgan fingerprint density at radius 3 is 2.62 bits per heavy atom. The minimum Gasteiger partial charge on any atom is -0.423 e. The number of nitrogens with zero attached hydrogens (tertiary/aromatic N) is 1. The van der Waals surface area contributed by atoms with Crippen molar-refractivity contribution in [1.29, 1.82) is 0 Å². The normalized spacial score (nSPS) is 10.6. The summed E-state index contributed by atoms with van der Waals surface area (Å²) in [5.41, 5.74) is 3.81. The molecule has 1 aromatic carbocycles. The van der Waals surface area contributed by atoms with Crippen molar-refractivity contribution in [3.05, 3.63) is 63.6 Å². The van der Waals surface area contributed by atoms with Crippen LogP contribution < -0.4 is 16.3 Å². The molecule has 0 radical (unpaired) electrons. The molecule has 0 spiro atoms. The van der Waals surface area contributed by atoms with Crippen LogP contribution in [0.4, 0.5) is 11.5 Å². The molecule has 0 atom stereocenters. The molecule has 5 nitrogen and oxygen atoms in total. The van der Waals surface area contributed by atoms with Gasteiger partial charge < -0.3 is 15.1 Å². The second-order valence-corrected chi connectivity index (χ2v) is 6.12. The van der Waals surface area contributed by atoms with Gasteiger partial charge in [0, 0.05) is 28.9 Å². The van der Waals surface area contributed by atoms with E-state index in [2.05, 4.69) is 15.6 Å². The Balaban J connectivity index is 1.81. The van der Waals surface area contributed by atoms with Gasteiger partial charge in [-0.25, -0.2) is 9.78 Å². The lowest BCUT2D eigenvalue weighted by atomic mass is 10.1. The van der Waals surface area contributed by atoms with Crippen LogP contribution in [0.15, 0.2) is 45.6 Å². The number of hydrogen-bond acceptors (Lipinski definition) is 4. The first-order valence-corrected chi connectivity index (χ1v) is 7.89. The highest BCUT2D eigenvalue weighted by Gasteiger charge is 2.06. The van der Waals surface area contributed by atoms with E-state index in [4.69, 9.17) is 16.6 Å². The molecule has 0 aliphatic rings. The largest absolute Gasteiger partial charge is 0.423 e. The Bertz CT molecular complexity index is 975. The van der Waals surface area contributed by atoms with Crippen LogP contribution in [0.25, 0.3) is 11.0 Å². The van der Waals surface area contributed by atoms with Gasteiger partial charge in [0.1, 0.15) is 11.4 Å². The molecule has 0 unspecified atom stereocenters. The van der Waals surface area contributed by atoms with Crippen LogP contribution in [-0.2, 0) is 0 Å². The zero-order valence-corrected chi connectivity index (χ0v) is 14.5. The third-order valence-electron chi connectivity index (χ3n) is 3.55. The second kappa shape index (κ2) is 6.41. The Hall–Kier alpha value is -2.73. The van der Waals surface area contributed by atoms with E-state index in [0.29, 0.717) is 16.5 Å². The predicted octanol–water partition coefficient (Wildman–Crippen LogP) is 3.92. The van der Waals surface area contributed by atoms with Crippen LogP contribution in [0.3, 0.4) is 0 Å². The highest BCUT2D eigenvalue weighted by Crippen LogP contribution is 2.21. The molecular weight excluding hydrogens is 322 g/mol. The lowest BCUT2D eigenvalue weighted by Crippen LogP contribution is -2.20. The summed E-state index contributed by atoms with van der Waals surface area (Å²) in [6, 6.07) is 10.9. The molecule has 2 N–H and O–H groups in total. The van der Waals surface area contributed by atoms with Crippen molar-refractivity contribution < 1.29 is 4.42 Å². The molecule has 122 valence electrons. The number of hydrogen-bond donors (Lipinski definition) is 2. The Morgan fingerprint density at radius 2 is 1.88 bits per heavy atom. The molecular formula is C18H17N3O2S. The third kappa shape index (κ3) is 3.60. The molecule has 0 bridgehead atoms. The first-order valence-electron chi connectivity index (χ1n) is 7.48. The molecule has 0 amide bonds. The van der Waals surface area contributed by atoms with Gasteiger partial charge in [-0.3, -0.25) is 0 Å². The molecule has 3 rings (SSSR count). The summed E-state index contributed by atoms with van der Waals surface area (Å²) in [5.74, 6) is 0.688. The van der Waals surface area contributed by atoms with Crippen molar-refractivity contribution in [2.45, 2.75) is 20.8 Å². The fourth-order valence-electron chi connectivity index (χ4n) is 2.59. The third-order valence-corrected chi connectivity index (χ3v) is 3.75. The molecule has 3 aromatic rings. The molecule has 0 aliphatic heterocycles. The van der Waals surface area contributed by atoms with Crippen LogP contribution in [0.2, 0.25) is 0 Å². The molecule has 6 heteroatoms. The maximum absolute atomic E-state index is 11.5. The van der Waals surface area contributed by atoms with E-state index < -0.39 is 0 Å². The summed E-state index contributed by atoms with van der Waals surface area (Å²) < 4.78 is 5.24. The van der Waals surface area contributed by atoms with Gasteiger partial charge in [0.05, 0.1) is 0 Å². The summed E-state index contributed by atoms with van der Waals surface area (Å²) >= 11 is 5.32. The van der Waals surface area contributed by atoms with Gasteiger partial charge >= 0.3 is 5.63 Å². The van der Waals surface area contributed by atoms with Crippen molar-refractivity contribution in [3.8, 4) is 0 Å². The van der Waals surface area contributed by atoms with Gasteiger partial charge in [-0.2, -0.15) is 0 Å². The van der Waals surface area contributed by atoms with E-state index >= 15 is 0 Å². The Labute approximate surface area is 144 Å².